The van der Waals surface area contributed by atoms with E-state index in [2.05, 4.69) is 26.8 Å². The molecule has 2 aromatic rings. The van der Waals surface area contributed by atoms with Crippen LogP contribution in [0.15, 0.2) is 30.9 Å². The predicted molar refractivity (Wildman–Crippen MR) is 72.2 cm³/mol. The van der Waals surface area contributed by atoms with E-state index in [4.69, 9.17) is 5.73 Å². The van der Waals surface area contributed by atoms with E-state index in [-0.39, 0.29) is 0 Å². The molecular formula is C13H17N5. The van der Waals surface area contributed by atoms with E-state index in [0.717, 1.165) is 24.3 Å². The van der Waals surface area contributed by atoms with Crippen LogP contribution in [-0.4, -0.2) is 22.0 Å². The van der Waals surface area contributed by atoms with Gasteiger partial charge >= 0.3 is 0 Å². The number of anilines is 2. The molecule has 94 valence electrons. The lowest BCUT2D eigenvalue weighted by molar-refractivity contribution is 0.871. The molecule has 0 fully saturated rings. The molecule has 0 aliphatic carbocycles. The number of nitrogens with two attached hydrogens (primary N) is 1. The summed E-state index contributed by atoms with van der Waals surface area (Å²) < 4.78 is 0. The monoisotopic (exact) mass is 243 g/mol. The van der Waals surface area contributed by atoms with Crippen LogP contribution in [0.3, 0.4) is 0 Å². The maximum atomic E-state index is 5.88. The van der Waals surface area contributed by atoms with E-state index in [9.17, 15) is 0 Å². The number of nitrogen functional groups attached to an aromatic ring is 1. The zero-order valence-corrected chi connectivity index (χ0v) is 10.7. The van der Waals surface area contributed by atoms with E-state index in [0.29, 0.717) is 5.82 Å². The van der Waals surface area contributed by atoms with Gasteiger partial charge in [-0.25, -0.2) is 9.97 Å². The topological polar surface area (TPSA) is 67.9 Å². The Morgan fingerprint density at radius 1 is 1.22 bits per heavy atom. The molecule has 0 saturated heterocycles. The lowest BCUT2D eigenvalue weighted by Crippen LogP contribution is -2.20. The Balaban J connectivity index is 2.24. The Morgan fingerprint density at radius 2 is 1.94 bits per heavy atom. The number of pyridine rings is 1. The summed E-state index contributed by atoms with van der Waals surface area (Å²) in [6.45, 7) is 2.82. The van der Waals surface area contributed by atoms with Gasteiger partial charge in [0.25, 0.3) is 0 Å². The van der Waals surface area contributed by atoms with Crippen molar-refractivity contribution in [2.75, 3.05) is 17.7 Å². The molecule has 0 bridgehead atoms. The van der Waals surface area contributed by atoms with E-state index in [1.807, 2.05) is 19.2 Å². The van der Waals surface area contributed by atoms with Gasteiger partial charge in [0, 0.05) is 31.5 Å². The minimum Gasteiger partial charge on any atom is -0.383 e. The van der Waals surface area contributed by atoms with Crippen LogP contribution in [0, 0.1) is 0 Å². The van der Waals surface area contributed by atoms with Crippen molar-refractivity contribution >= 4 is 11.6 Å². The number of hydrogen-bond donors (Lipinski definition) is 1. The molecule has 5 nitrogen and oxygen atoms in total. The fraction of sp³-hybridized carbons (Fsp3) is 0.308. The molecule has 0 aliphatic heterocycles. The zero-order valence-electron chi connectivity index (χ0n) is 10.7. The van der Waals surface area contributed by atoms with Crippen LogP contribution in [0.1, 0.15) is 18.1 Å². The fourth-order valence-corrected chi connectivity index (χ4v) is 1.92. The second-order valence-corrected chi connectivity index (χ2v) is 4.13. The van der Waals surface area contributed by atoms with Crippen LogP contribution in [0.2, 0.25) is 0 Å². The molecule has 0 atom stereocenters. The lowest BCUT2D eigenvalue weighted by atomic mass is 10.2. The van der Waals surface area contributed by atoms with Gasteiger partial charge in [0.15, 0.2) is 0 Å². The third kappa shape index (κ3) is 2.56. The van der Waals surface area contributed by atoms with Crippen molar-refractivity contribution in [3.63, 3.8) is 0 Å². The first-order valence-electron chi connectivity index (χ1n) is 5.91. The van der Waals surface area contributed by atoms with Gasteiger partial charge in [0.1, 0.15) is 18.0 Å². The van der Waals surface area contributed by atoms with Crippen LogP contribution in [0.4, 0.5) is 11.6 Å². The van der Waals surface area contributed by atoms with Crippen molar-refractivity contribution in [2.45, 2.75) is 19.9 Å². The molecule has 0 amide bonds. The Hall–Kier alpha value is -2.17. The number of nitrogens with zero attached hydrogens (tertiary/aromatic N) is 4. The Labute approximate surface area is 107 Å². The third-order valence-electron chi connectivity index (χ3n) is 2.84. The van der Waals surface area contributed by atoms with Gasteiger partial charge in [0.2, 0.25) is 0 Å². The summed E-state index contributed by atoms with van der Waals surface area (Å²) >= 11 is 0. The molecule has 0 aromatic carbocycles. The Morgan fingerprint density at radius 3 is 2.61 bits per heavy atom. The summed E-state index contributed by atoms with van der Waals surface area (Å²) in [5.74, 6) is 1.45. The maximum absolute atomic E-state index is 5.88. The average Bonchev–Trinajstić information content (AvgIpc) is 2.39. The summed E-state index contributed by atoms with van der Waals surface area (Å²) in [7, 11) is 2.00. The van der Waals surface area contributed by atoms with E-state index >= 15 is 0 Å². The molecule has 0 saturated carbocycles. The van der Waals surface area contributed by atoms with Crippen molar-refractivity contribution in [1.29, 1.82) is 0 Å². The van der Waals surface area contributed by atoms with Gasteiger partial charge < -0.3 is 10.6 Å². The smallest absolute Gasteiger partial charge is 0.137 e. The van der Waals surface area contributed by atoms with Gasteiger partial charge in [-0.15, -0.1) is 0 Å². The molecule has 0 radical (unpaired) electrons. The third-order valence-corrected chi connectivity index (χ3v) is 2.84. The van der Waals surface area contributed by atoms with Crippen LogP contribution < -0.4 is 10.6 Å². The van der Waals surface area contributed by atoms with Crippen LogP contribution >= 0.6 is 0 Å². The van der Waals surface area contributed by atoms with Crippen molar-refractivity contribution in [1.82, 2.24) is 15.0 Å². The van der Waals surface area contributed by atoms with Crippen LogP contribution in [0.25, 0.3) is 0 Å². The van der Waals surface area contributed by atoms with Gasteiger partial charge in [0.05, 0.1) is 0 Å². The van der Waals surface area contributed by atoms with Gasteiger partial charge in [-0.2, -0.15) is 0 Å². The highest BCUT2D eigenvalue weighted by Gasteiger charge is 2.11. The first-order chi connectivity index (χ1) is 8.72. The molecule has 2 heterocycles. The highest BCUT2D eigenvalue weighted by atomic mass is 15.2. The summed E-state index contributed by atoms with van der Waals surface area (Å²) in [5.41, 5.74) is 8.06. The summed E-state index contributed by atoms with van der Waals surface area (Å²) in [6, 6.07) is 3.99. The summed E-state index contributed by atoms with van der Waals surface area (Å²) in [4.78, 5) is 14.4. The molecule has 5 heteroatoms. The lowest BCUT2D eigenvalue weighted by Gasteiger charge is -2.21. The normalized spacial score (nSPS) is 10.3. The van der Waals surface area contributed by atoms with Gasteiger partial charge in [-0.1, -0.05) is 6.92 Å². The summed E-state index contributed by atoms with van der Waals surface area (Å²) in [5, 5.41) is 0. The standard InChI is InChI=1S/C13H17N5/c1-3-11-12(14)16-9-17-13(11)18(2)8-10-4-6-15-7-5-10/h4-7,9H,3,8H2,1-2H3,(H2,14,16,17). The summed E-state index contributed by atoms with van der Waals surface area (Å²) in [6.07, 6.45) is 5.91. The molecule has 2 aromatic heterocycles. The van der Waals surface area contributed by atoms with Crippen molar-refractivity contribution in [2.24, 2.45) is 0 Å². The predicted octanol–water partition coefficient (Wildman–Crippen LogP) is 1.65. The Kier molecular flexibility index (Phi) is 3.72. The highest BCUT2D eigenvalue weighted by Crippen LogP contribution is 2.22. The van der Waals surface area contributed by atoms with Crippen molar-refractivity contribution in [3.05, 3.63) is 42.0 Å². The second-order valence-electron chi connectivity index (χ2n) is 4.13. The van der Waals surface area contributed by atoms with Crippen LogP contribution in [-0.2, 0) is 13.0 Å². The molecule has 2 rings (SSSR count). The van der Waals surface area contributed by atoms with Crippen molar-refractivity contribution in [3.8, 4) is 0 Å². The molecular weight excluding hydrogens is 226 g/mol. The first kappa shape index (κ1) is 12.3. The molecule has 2 N–H and O–H groups in total. The van der Waals surface area contributed by atoms with E-state index in [1.165, 1.54) is 11.9 Å². The quantitative estimate of drug-likeness (QED) is 0.884. The van der Waals surface area contributed by atoms with Crippen molar-refractivity contribution < 1.29 is 0 Å². The molecule has 18 heavy (non-hydrogen) atoms. The van der Waals surface area contributed by atoms with Gasteiger partial charge in [-0.3, -0.25) is 4.98 Å². The first-order valence-corrected chi connectivity index (χ1v) is 5.91. The Bertz CT molecular complexity index is 512. The maximum Gasteiger partial charge on any atom is 0.137 e. The van der Waals surface area contributed by atoms with E-state index in [1.54, 1.807) is 12.4 Å². The minimum atomic E-state index is 0.559. The van der Waals surface area contributed by atoms with Crippen LogP contribution in [0.5, 0.6) is 0 Å². The highest BCUT2D eigenvalue weighted by molar-refractivity contribution is 5.56. The molecule has 0 spiro atoms. The SMILES string of the molecule is CCc1c(N)ncnc1N(C)Cc1ccncc1. The number of rotatable bonds is 4. The average molecular weight is 243 g/mol. The fourth-order valence-electron chi connectivity index (χ4n) is 1.92. The zero-order chi connectivity index (χ0) is 13.0. The van der Waals surface area contributed by atoms with E-state index < -0.39 is 0 Å². The second kappa shape index (κ2) is 5.44. The molecule has 0 unspecified atom stereocenters. The van der Waals surface area contributed by atoms with Gasteiger partial charge in [-0.05, 0) is 24.1 Å². The minimum absolute atomic E-state index is 0.559. The number of aromatic nitrogens is 3. The number of hydrogen-bond acceptors (Lipinski definition) is 5. The largest absolute Gasteiger partial charge is 0.383 e. The molecule has 0 aliphatic rings.